The van der Waals surface area contributed by atoms with Crippen LogP contribution in [0.1, 0.15) is 5.76 Å². The highest BCUT2D eigenvalue weighted by atomic mass is 16.5. The van der Waals surface area contributed by atoms with Crippen LogP contribution in [-0.4, -0.2) is 37.2 Å². The fraction of sp³-hybridized carbons (Fsp3) is 0.333. The third-order valence-electron chi connectivity index (χ3n) is 5.80. The zero-order valence-electron chi connectivity index (χ0n) is 15.3. The monoisotopic (exact) mass is 380 g/mol. The fourth-order valence-corrected chi connectivity index (χ4v) is 4.48. The minimum absolute atomic E-state index is 0.0878. The van der Waals surface area contributed by atoms with Crippen LogP contribution in [0, 0.1) is 11.8 Å². The molecule has 0 unspecified atom stereocenters. The molecule has 1 N–H and O–H groups in total. The molecular formula is C21H20N2O5. The number of rotatable bonds is 5. The normalized spacial score (nSPS) is 30.0. The molecule has 2 bridgehead atoms. The number of methoxy groups -OCH3 is 1. The van der Waals surface area contributed by atoms with E-state index < -0.39 is 17.4 Å². The second-order valence-electron chi connectivity index (χ2n) is 7.32. The largest absolute Gasteiger partial charge is 0.497 e. The number of furan rings is 1. The minimum atomic E-state index is -0.742. The number of fused-ring (bicyclic) bond motifs is 1. The number of amides is 2. The summed E-state index contributed by atoms with van der Waals surface area (Å²) in [6.45, 7) is 0.687. The highest BCUT2D eigenvalue weighted by Gasteiger charge is 2.67. The summed E-state index contributed by atoms with van der Waals surface area (Å²) in [5.41, 5.74) is 0.0266. The molecule has 2 aromatic rings. The molecule has 0 radical (unpaired) electrons. The lowest BCUT2D eigenvalue weighted by Crippen LogP contribution is -2.43. The molecule has 28 heavy (non-hydrogen) atoms. The van der Waals surface area contributed by atoms with Gasteiger partial charge in [-0.2, -0.15) is 0 Å². The van der Waals surface area contributed by atoms with Gasteiger partial charge in [0.2, 0.25) is 11.8 Å². The van der Waals surface area contributed by atoms with Crippen LogP contribution in [0.5, 0.6) is 5.75 Å². The molecule has 144 valence electrons. The summed E-state index contributed by atoms with van der Waals surface area (Å²) in [7, 11) is 1.60. The van der Waals surface area contributed by atoms with Gasteiger partial charge in [0.1, 0.15) is 17.1 Å². The summed E-state index contributed by atoms with van der Waals surface area (Å²) in [6, 6.07) is 10.9. The highest BCUT2D eigenvalue weighted by Crippen LogP contribution is 2.52. The van der Waals surface area contributed by atoms with Crippen molar-refractivity contribution in [2.45, 2.75) is 18.2 Å². The smallest absolute Gasteiger partial charge is 0.234 e. The van der Waals surface area contributed by atoms with E-state index >= 15 is 0 Å². The number of ether oxygens (including phenoxy) is 2. The third kappa shape index (κ3) is 2.46. The van der Waals surface area contributed by atoms with Crippen LogP contribution in [0.3, 0.4) is 0 Å². The van der Waals surface area contributed by atoms with Crippen molar-refractivity contribution in [1.29, 1.82) is 0 Å². The lowest BCUT2D eigenvalue weighted by Gasteiger charge is -2.23. The Labute approximate surface area is 161 Å². The van der Waals surface area contributed by atoms with Crippen molar-refractivity contribution in [2.75, 3.05) is 18.6 Å². The van der Waals surface area contributed by atoms with Crippen LogP contribution in [0.2, 0.25) is 0 Å². The zero-order chi connectivity index (χ0) is 19.3. The van der Waals surface area contributed by atoms with Crippen molar-refractivity contribution in [3.05, 3.63) is 60.6 Å². The Balaban J connectivity index is 1.38. The summed E-state index contributed by atoms with van der Waals surface area (Å²) in [6.07, 6.45) is 5.04. The number of carbonyl (C=O) groups is 2. The van der Waals surface area contributed by atoms with Gasteiger partial charge in [0.05, 0.1) is 44.4 Å². The second-order valence-corrected chi connectivity index (χ2v) is 7.32. The predicted molar refractivity (Wildman–Crippen MR) is 99.6 cm³/mol. The second kappa shape index (κ2) is 6.24. The minimum Gasteiger partial charge on any atom is -0.497 e. The van der Waals surface area contributed by atoms with Crippen molar-refractivity contribution in [2.24, 2.45) is 11.8 Å². The molecule has 4 heterocycles. The highest BCUT2D eigenvalue weighted by molar-refractivity contribution is 6.03. The first-order valence-electron chi connectivity index (χ1n) is 9.24. The number of hydrogen-bond acceptors (Lipinski definition) is 5. The Kier molecular flexibility index (Phi) is 3.80. The van der Waals surface area contributed by atoms with Crippen LogP contribution < -0.4 is 15.0 Å². The Morgan fingerprint density at radius 2 is 2.14 bits per heavy atom. The van der Waals surface area contributed by atoms with Crippen LogP contribution >= 0.6 is 0 Å². The summed E-state index contributed by atoms with van der Waals surface area (Å²) in [5, 5.41) is 2.88. The molecule has 3 aliphatic rings. The van der Waals surface area contributed by atoms with Gasteiger partial charge in [-0.15, -0.1) is 0 Å². The van der Waals surface area contributed by atoms with Gasteiger partial charge in [-0.3, -0.25) is 9.59 Å². The first-order chi connectivity index (χ1) is 13.6. The van der Waals surface area contributed by atoms with Gasteiger partial charge < -0.3 is 24.1 Å². The molecule has 4 atom stereocenters. The Morgan fingerprint density at radius 3 is 2.86 bits per heavy atom. The number of carbonyl (C=O) groups excluding carboxylic acids is 2. The van der Waals surface area contributed by atoms with Gasteiger partial charge in [0.15, 0.2) is 0 Å². The van der Waals surface area contributed by atoms with E-state index in [9.17, 15) is 9.59 Å². The maximum atomic E-state index is 13.3. The summed E-state index contributed by atoms with van der Waals surface area (Å²) >= 11 is 0. The molecule has 1 spiro atoms. The zero-order valence-corrected chi connectivity index (χ0v) is 15.3. The Morgan fingerprint density at radius 1 is 1.32 bits per heavy atom. The molecule has 3 aliphatic heterocycles. The summed E-state index contributed by atoms with van der Waals surface area (Å²) < 4.78 is 16.6. The van der Waals surface area contributed by atoms with Crippen molar-refractivity contribution in [3.63, 3.8) is 0 Å². The number of hydrogen-bond donors (Lipinski definition) is 1. The maximum absolute atomic E-state index is 13.3. The van der Waals surface area contributed by atoms with E-state index in [2.05, 4.69) is 5.32 Å². The van der Waals surface area contributed by atoms with E-state index in [0.29, 0.717) is 12.3 Å². The van der Waals surface area contributed by atoms with E-state index in [1.54, 1.807) is 30.4 Å². The SMILES string of the molecule is COc1ccc(N2C[C@@]34C=C[C@@H](O3)[C@@H](C(=O)NCc3ccco3)[C@H]4C2=O)cc1. The number of nitrogens with one attached hydrogen (secondary N) is 1. The van der Waals surface area contributed by atoms with Crippen LogP contribution in [-0.2, 0) is 20.9 Å². The van der Waals surface area contributed by atoms with E-state index in [-0.39, 0.29) is 24.5 Å². The third-order valence-corrected chi connectivity index (χ3v) is 5.80. The molecule has 0 saturated carbocycles. The Bertz CT molecular complexity index is 936. The molecule has 0 aliphatic carbocycles. The fourth-order valence-electron chi connectivity index (χ4n) is 4.48. The van der Waals surface area contributed by atoms with Gasteiger partial charge in [0.25, 0.3) is 0 Å². The van der Waals surface area contributed by atoms with Crippen LogP contribution in [0.25, 0.3) is 0 Å². The number of benzene rings is 1. The van der Waals surface area contributed by atoms with Gasteiger partial charge in [0, 0.05) is 5.69 Å². The average Bonchev–Trinajstić information content (AvgIpc) is 3.48. The van der Waals surface area contributed by atoms with Crippen LogP contribution in [0.15, 0.2) is 59.2 Å². The molecule has 7 nitrogen and oxygen atoms in total. The van der Waals surface area contributed by atoms with E-state index in [1.165, 1.54) is 0 Å². The molecule has 2 fully saturated rings. The van der Waals surface area contributed by atoms with Gasteiger partial charge >= 0.3 is 0 Å². The molecule has 1 aromatic heterocycles. The molecule has 7 heteroatoms. The molecule has 5 rings (SSSR count). The molecular weight excluding hydrogens is 360 g/mol. The predicted octanol–water partition coefficient (Wildman–Crippen LogP) is 1.89. The van der Waals surface area contributed by atoms with Crippen molar-refractivity contribution in [1.82, 2.24) is 5.32 Å². The molecule has 2 amide bonds. The van der Waals surface area contributed by atoms with Gasteiger partial charge in [-0.1, -0.05) is 12.2 Å². The summed E-state index contributed by atoms with van der Waals surface area (Å²) in [4.78, 5) is 27.8. The van der Waals surface area contributed by atoms with E-state index in [1.807, 2.05) is 36.4 Å². The van der Waals surface area contributed by atoms with Crippen LogP contribution in [0.4, 0.5) is 5.69 Å². The quantitative estimate of drug-likeness (QED) is 0.802. The van der Waals surface area contributed by atoms with E-state index in [0.717, 1.165) is 11.4 Å². The average molecular weight is 380 g/mol. The lowest BCUT2D eigenvalue weighted by molar-refractivity contribution is -0.132. The summed E-state index contributed by atoms with van der Waals surface area (Å²) in [5.74, 6) is 0.0379. The maximum Gasteiger partial charge on any atom is 0.234 e. The van der Waals surface area contributed by atoms with E-state index in [4.69, 9.17) is 13.9 Å². The van der Waals surface area contributed by atoms with Gasteiger partial charge in [-0.25, -0.2) is 0 Å². The first-order valence-corrected chi connectivity index (χ1v) is 9.24. The van der Waals surface area contributed by atoms with Gasteiger partial charge in [-0.05, 0) is 36.4 Å². The number of nitrogens with zero attached hydrogens (tertiary/aromatic N) is 1. The van der Waals surface area contributed by atoms with Crippen molar-refractivity contribution >= 4 is 17.5 Å². The lowest BCUT2D eigenvalue weighted by atomic mass is 9.77. The first kappa shape index (κ1) is 17.1. The Hall–Kier alpha value is -3.06. The molecule has 2 saturated heterocycles. The topological polar surface area (TPSA) is 81.0 Å². The van der Waals surface area contributed by atoms with Crippen molar-refractivity contribution < 1.29 is 23.5 Å². The van der Waals surface area contributed by atoms with Crippen molar-refractivity contribution in [3.8, 4) is 5.75 Å². The molecule has 1 aromatic carbocycles. The number of anilines is 1. The standard InChI is InChI=1S/C21H20N2O5/c1-26-14-6-4-13(5-7-14)23-12-21-9-8-16(28-21)17(18(21)20(23)25)19(24)22-11-15-3-2-10-27-15/h2-10,16-18H,11-12H2,1H3,(H,22,24)/t16-,17-,18+,21-/m1/s1.